The van der Waals surface area contributed by atoms with E-state index in [0.29, 0.717) is 0 Å². The van der Waals surface area contributed by atoms with Gasteiger partial charge in [-0.25, -0.2) is 4.98 Å². The van der Waals surface area contributed by atoms with Gasteiger partial charge in [-0.3, -0.25) is 0 Å². The summed E-state index contributed by atoms with van der Waals surface area (Å²) in [5.74, 6) is 1.85. The summed E-state index contributed by atoms with van der Waals surface area (Å²) in [5, 5.41) is 7.06. The van der Waals surface area contributed by atoms with Crippen LogP contribution < -0.4 is 15.5 Å². The molecule has 0 saturated heterocycles. The number of aryl methyl sites for hydroxylation is 1. The van der Waals surface area contributed by atoms with Crippen LogP contribution in [0.1, 0.15) is 75.6 Å². The molecule has 0 bridgehead atoms. The molecule has 5 heteroatoms. The van der Waals surface area contributed by atoms with Crippen LogP contribution in [0.25, 0.3) is 11.8 Å². The zero-order chi connectivity index (χ0) is 24.5. The second-order valence-corrected chi connectivity index (χ2v) is 9.77. The molecule has 35 heavy (non-hydrogen) atoms. The fourth-order valence-corrected chi connectivity index (χ4v) is 4.96. The van der Waals surface area contributed by atoms with Crippen LogP contribution in [0, 0.1) is 5.92 Å². The number of hydrogen-bond acceptors (Lipinski definition) is 5. The van der Waals surface area contributed by atoms with E-state index < -0.39 is 0 Å². The minimum absolute atomic E-state index is 0.746. The molecule has 1 aromatic heterocycles. The van der Waals surface area contributed by atoms with Gasteiger partial charge in [0.25, 0.3) is 0 Å². The number of hydrogen-bond donors (Lipinski definition) is 2. The number of aromatic nitrogens is 1. The third kappa shape index (κ3) is 6.66. The lowest BCUT2D eigenvalue weighted by molar-refractivity contribution is 0.195. The maximum Gasteiger partial charge on any atom is 0.140 e. The van der Waals surface area contributed by atoms with Crippen molar-refractivity contribution in [1.82, 2.24) is 10.3 Å². The minimum Gasteiger partial charge on any atom is -0.385 e. The van der Waals surface area contributed by atoms with Crippen LogP contribution >= 0.6 is 0 Å². The van der Waals surface area contributed by atoms with E-state index in [2.05, 4.69) is 71.9 Å². The molecule has 1 saturated carbocycles. The number of benzene rings is 1. The molecule has 188 valence electrons. The molecule has 0 amide bonds. The SMILES string of the molecule is CC/C=C1\NC=Cc2cc(CCCOC)nc(Nc3ccc(N(CCC)CCC4CCC4)cc3)c21. The Balaban J connectivity index is 1.55. The molecule has 0 spiro atoms. The predicted octanol–water partition coefficient (Wildman–Crippen LogP) is 7.14. The standard InChI is InChI=1S/C30H42N4O/c1-4-8-28-29-24(16-18-31-28)22-26(11-7-21-35-3)33-30(29)32-25-12-14-27(15-13-25)34(19-5-2)20-17-23-9-6-10-23/h8,12-16,18,22-23,31H,4-7,9-11,17,19-21H2,1-3H3,(H,32,33)/b28-8-. The third-order valence-electron chi connectivity index (χ3n) is 7.08. The average molecular weight is 475 g/mol. The Hall–Kier alpha value is -2.79. The van der Waals surface area contributed by atoms with E-state index in [4.69, 9.17) is 9.72 Å². The highest BCUT2D eigenvalue weighted by Crippen LogP contribution is 2.33. The van der Waals surface area contributed by atoms with E-state index in [1.54, 1.807) is 7.11 Å². The van der Waals surface area contributed by atoms with E-state index in [0.717, 1.165) is 73.3 Å². The third-order valence-corrected chi connectivity index (χ3v) is 7.08. The Morgan fingerprint density at radius 3 is 2.69 bits per heavy atom. The summed E-state index contributed by atoms with van der Waals surface area (Å²) in [5.41, 5.74) is 6.93. The second kappa shape index (κ2) is 12.8. The number of ether oxygens (including phenoxy) is 1. The van der Waals surface area contributed by atoms with Gasteiger partial charge in [0, 0.05) is 61.3 Å². The lowest BCUT2D eigenvalue weighted by Crippen LogP contribution is -2.28. The number of fused-ring (bicyclic) bond motifs is 1. The van der Waals surface area contributed by atoms with Crippen molar-refractivity contribution in [2.45, 2.75) is 65.2 Å². The van der Waals surface area contributed by atoms with Gasteiger partial charge in [0.1, 0.15) is 5.82 Å². The Bertz CT molecular complexity index is 1010. The number of anilines is 3. The fraction of sp³-hybridized carbons (Fsp3) is 0.500. The number of nitrogens with zero attached hydrogens (tertiary/aromatic N) is 2. The average Bonchev–Trinajstić information content (AvgIpc) is 2.83. The van der Waals surface area contributed by atoms with Gasteiger partial charge in [-0.05, 0) is 80.0 Å². The largest absolute Gasteiger partial charge is 0.385 e. The Labute approximate surface area is 211 Å². The molecule has 0 radical (unpaired) electrons. The number of pyridine rings is 1. The Morgan fingerprint density at radius 2 is 2.00 bits per heavy atom. The van der Waals surface area contributed by atoms with Gasteiger partial charge >= 0.3 is 0 Å². The van der Waals surface area contributed by atoms with Gasteiger partial charge in [-0.2, -0.15) is 0 Å². The molecule has 1 aromatic carbocycles. The molecule has 0 atom stereocenters. The summed E-state index contributed by atoms with van der Waals surface area (Å²) in [6, 6.07) is 11.1. The van der Waals surface area contributed by atoms with E-state index >= 15 is 0 Å². The van der Waals surface area contributed by atoms with Gasteiger partial charge in [-0.1, -0.05) is 39.2 Å². The highest BCUT2D eigenvalue weighted by Gasteiger charge is 2.20. The molecular weight excluding hydrogens is 432 g/mol. The van der Waals surface area contributed by atoms with Crippen LogP contribution in [0.15, 0.2) is 42.6 Å². The van der Waals surface area contributed by atoms with Crippen molar-refractivity contribution in [1.29, 1.82) is 0 Å². The summed E-state index contributed by atoms with van der Waals surface area (Å²) < 4.78 is 5.26. The van der Waals surface area contributed by atoms with Gasteiger partial charge in [0.05, 0.1) is 0 Å². The zero-order valence-corrected chi connectivity index (χ0v) is 21.8. The molecule has 1 aliphatic heterocycles. The van der Waals surface area contributed by atoms with E-state index in [1.165, 1.54) is 43.4 Å². The van der Waals surface area contributed by atoms with Crippen LogP contribution in [0.3, 0.4) is 0 Å². The number of nitrogens with one attached hydrogen (secondary N) is 2. The molecule has 2 heterocycles. The van der Waals surface area contributed by atoms with E-state index in [-0.39, 0.29) is 0 Å². The maximum absolute atomic E-state index is 5.26. The summed E-state index contributed by atoms with van der Waals surface area (Å²) in [7, 11) is 1.75. The first-order chi connectivity index (χ1) is 17.2. The minimum atomic E-state index is 0.746. The van der Waals surface area contributed by atoms with Crippen LogP contribution in [0.4, 0.5) is 17.2 Å². The summed E-state index contributed by atoms with van der Waals surface area (Å²) >= 11 is 0. The van der Waals surface area contributed by atoms with E-state index in [9.17, 15) is 0 Å². The molecule has 2 aliphatic rings. The topological polar surface area (TPSA) is 49.4 Å². The van der Waals surface area contributed by atoms with Crippen LogP contribution in [0.5, 0.6) is 0 Å². The van der Waals surface area contributed by atoms with Crippen LogP contribution in [-0.4, -0.2) is 31.8 Å². The molecule has 1 fully saturated rings. The van der Waals surface area contributed by atoms with Gasteiger partial charge in [-0.15, -0.1) is 0 Å². The van der Waals surface area contributed by atoms with Crippen LogP contribution in [0.2, 0.25) is 0 Å². The zero-order valence-electron chi connectivity index (χ0n) is 21.8. The predicted molar refractivity (Wildman–Crippen MR) is 149 cm³/mol. The van der Waals surface area contributed by atoms with Gasteiger partial charge < -0.3 is 20.3 Å². The molecule has 2 N–H and O–H groups in total. The smallest absolute Gasteiger partial charge is 0.140 e. The van der Waals surface area contributed by atoms with Crippen molar-refractivity contribution in [3.8, 4) is 0 Å². The monoisotopic (exact) mass is 474 g/mol. The van der Waals surface area contributed by atoms with Crippen molar-refractivity contribution >= 4 is 29.0 Å². The molecule has 2 aromatic rings. The summed E-state index contributed by atoms with van der Waals surface area (Å²) in [6.45, 7) is 7.45. The van der Waals surface area contributed by atoms with Gasteiger partial charge in [0.15, 0.2) is 0 Å². The van der Waals surface area contributed by atoms with Crippen molar-refractivity contribution in [3.05, 3.63) is 59.4 Å². The number of methoxy groups -OCH3 is 1. The number of allylic oxidation sites excluding steroid dienone is 1. The summed E-state index contributed by atoms with van der Waals surface area (Å²) in [4.78, 5) is 7.60. The lowest BCUT2D eigenvalue weighted by Gasteiger charge is -2.30. The van der Waals surface area contributed by atoms with E-state index in [1.807, 2.05) is 6.20 Å². The molecule has 5 nitrogen and oxygen atoms in total. The highest BCUT2D eigenvalue weighted by molar-refractivity contribution is 5.85. The molecular formula is C30H42N4O. The number of rotatable bonds is 13. The van der Waals surface area contributed by atoms with Crippen molar-refractivity contribution < 1.29 is 4.74 Å². The first-order valence-corrected chi connectivity index (χ1v) is 13.5. The molecule has 0 unspecified atom stereocenters. The lowest BCUT2D eigenvalue weighted by atomic mass is 9.83. The normalized spacial score (nSPS) is 16.0. The molecule has 1 aliphatic carbocycles. The first kappa shape index (κ1) is 25.3. The maximum atomic E-state index is 5.26. The second-order valence-electron chi connectivity index (χ2n) is 9.77. The first-order valence-electron chi connectivity index (χ1n) is 13.5. The van der Waals surface area contributed by atoms with Crippen molar-refractivity contribution in [3.63, 3.8) is 0 Å². The van der Waals surface area contributed by atoms with Crippen molar-refractivity contribution in [2.75, 3.05) is 37.0 Å². The highest BCUT2D eigenvalue weighted by atomic mass is 16.5. The van der Waals surface area contributed by atoms with Crippen LogP contribution in [-0.2, 0) is 11.2 Å². The summed E-state index contributed by atoms with van der Waals surface area (Å²) in [6.07, 6.45) is 16.0. The Kier molecular flexibility index (Phi) is 9.24. The van der Waals surface area contributed by atoms with Gasteiger partial charge in [0.2, 0.25) is 0 Å². The fourth-order valence-electron chi connectivity index (χ4n) is 4.96. The molecule has 4 rings (SSSR count). The Morgan fingerprint density at radius 1 is 1.17 bits per heavy atom. The van der Waals surface area contributed by atoms with Crippen molar-refractivity contribution in [2.24, 2.45) is 5.92 Å². The quantitative estimate of drug-likeness (QED) is 0.302.